The zero-order valence-corrected chi connectivity index (χ0v) is 9.84. The van der Waals surface area contributed by atoms with E-state index in [1.165, 1.54) is 0 Å². The van der Waals surface area contributed by atoms with Gasteiger partial charge in [0, 0.05) is 0 Å². The summed E-state index contributed by atoms with van der Waals surface area (Å²) in [7, 11) is -6.45. The molecular weight excluding hydrogens is 301 g/mol. The number of halogens is 3. The Morgan fingerprint density at radius 1 is 1.16 bits per heavy atom. The molecule has 0 unspecified atom stereocenters. The summed E-state index contributed by atoms with van der Waals surface area (Å²) in [6.07, 6.45) is -9.55. The molecule has 8 nitrogen and oxygen atoms in total. The van der Waals surface area contributed by atoms with E-state index in [9.17, 15) is 42.0 Å². The first-order valence-electron chi connectivity index (χ1n) is 4.76. The van der Waals surface area contributed by atoms with Gasteiger partial charge in [0.15, 0.2) is 6.10 Å². The molecule has 0 aromatic rings. The number of hydrogen-bond donors (Lipinski definition) is 5. The van der Waals surface area contributed by atoms with Crippen molar-refractivity contribution in [2.75, 3.05) is 6.61 Å². The number of hydrogen-bond acceptors (Lipinski definition) is 8. The highest BCUT2D eigenvalue weighted by atomic mass is 32.2. The molecule has 0 amide bonds. The zero-order chi connectivity index (χ0) is 15.2. The molecule has 1 fully saturated rings. The fourth-order valence-electron chi connectivity index (χ4n) is 1.51. The van der Waals surface area contributed by atoms with Crippen molar-refractivity contribution in [3.63, 3.8) is 0 Å². The summed E-state index contributed by atoms with van der Waals surface area (Å²) in [6, 6.07) is 0. The van der Waals surface area contributed by atoms with E-state index in [1.54, 1.807) is 0 Å². The highest BCUT2D eigenvalue weighted by Crippen LogP contribution is 2.40. The van der Waals surface area contributed by atoms with Gasteiger partial charge in [-0.25, -0.2) is 8.42 Å². The van der Waals surface area contributed by atoms with Crippen LogP contribution in [0.4, 0.5) is 13.2 Å². The van der Waals surface area contributed by atoms with Gasteiger partial charge in [0.2, 0.25) is 0 Å². The van der Waals surface area contributed by atoms with E-state index in [0.29, 0.717) is 0 Å². The van der Waals surface area contributed by atoms with Crippen LogP contribution >= 0.6 is 0 Å². The lowest BCUT2D eigenvalue weighted by Gasteiger charge is -2.44. The molecular formula is C7H11F3O8S. The second kappa shape index (κ2) is 4.80. The van der Waals surface area contributed by atoms with Gasteiger partial charge in [-0.1, -0.05) is 0 Å². The Hall–Kier alpha value is -0.500. The van der Waals surface area contributed by atoms with Crippen LogP contribution in [-0.4, -0.2) is 75.6 Å². The highest BCUT2D eigenvalue weighted by Gasteiger charge is 2.68. The minimum atomic E-state index is -6.45. The van der Waals surface area contributed by atoms with Crippen LogP contribution < -0.4 is 0 Å². The predicted molar refractivity (Wildman–Crippen MR) is 49.9 cm³/mol. The maximum Gasteiger partial charge on any atom is 0.502 e. The summed E-state index contributed by atoms with van der Waals surface area (Å²) in [5, 5.41) is 41.6. The minimum Gasteiger partial charge on any atom is -0.394 e. The molecule has 19 heavy (non-hydrogen) atoms. The normalized spacial score (nSPS) is 41.3. The van der Waals surface area contributed by atoms with Gasteiger partial charge in [-0.15, -0.1) is 0 Å². The molecule has 12 heteroatoms. The quantitative estimate of drug-likeness (QED) is 0.364. The van der Waals surface area contributed by atoms with Crippen molar-refractivity contribution in [2.45, 2.75) is 35.0 Å². The van der Waals surface area contributed by atoms with E-state index in [4.69, 9.17) is 5.11 Å². The molecule has 1 aliphatic heterocycles. The molecule has 0 bridgehead atoms. The van der Waals surface area contributed by atoms with Crippen molar-refractivity contribution in [1.29, 1.82) is 0 Å². The van der Waals surface area contributed by atoms with Crippen molar-refractivity contribution in [3.05, 3.63) is 0 Å². The SMILES string of the molecule is O=S(=O)(C(F)(F)F)[C@]1(O)O[C@H](CO)[C@H](O)[C@H](O)[C@H]1O. The van der Waals surface area contributed by atoms with Crippen molar-refractivity contribution in [1.82, 2.24) is 0 Å². The standard InChI is InChI=1S/C7H11F3O8S/c8-7(9,10)19(16,17)6(15)5(14)4(13)3(12)2(1-11)18-6/h2-5,11-15H,1H2/t2-,3+,4+,5-,6-/m1/s1. The second-order valence-electron chi connectivity index (χ2n) is 3.84. The molecule has 0 aliphatic carbocycles. The van der Waals surface area contributed by atoms with Crippen molar-refractivity contribution < 1.29 is 51.9 Å². The maximum atomic E-state index is 12.3. The smallest absolute Gasteiger partial charge is 0.394 e. The second-order valence-corrected chi connectivity index (χ2v) is 5.90. The fourth-order valence-corrected chi connectivity index (χ4v) is 2.55. The van der Waals surface area contributed by atoms with Gasteiger partial charge in [0.05, 0.1) is 6.61 Å². The molecule has 0 radical (unpaired) electrons. The topological polar surface area (TPSA) is 145 Å². The fraction of sp³-hybridized carbons (Fsp3) is 1.00. The first-order valence-corrected chi connectivity index (χ1v) is 6.24. The molecule has 0 saturated carbocycles. The van der Waals surface area contributed by atoms with Gasteiger partial charge in [-0.2, -0.15) is 13.2 Å². The Labute approximate surface area is 104 Å². The third-order valence-electron chi connectivity index (χ3n) is 2.62. The number of alkyl halides is 3. The van der Waals surface area contributed by atoms with Crippen molar-refractivity contribution in [2.24, 2.45) is 0 Å². The maximum absolute atomic E-state index is 12.3. The molecule has 0 aromatic heterocycles. The molecule has 0 aromatic carbocycles. The highest BCUT2D eigenvalue weighted by molar-refractivity contribution is 7.93. The van der Waals surface area contributed by atoms with Crippen LogP contribution in [0.15, 0.2) is 0 Å². The average molecular weight is 312 g/mol. The summed E-state index contributed by atoms with van der Waals surface area (Å²) >= 11 is 0. The van der Waals surface area contributed by atoms with E-state index in [0.717, 1.165) is 0 Å². The zero-order valence-electron chi connectivity index (χ0n) is 9.02. The number of rotatable bonds is 2. The van der Waals surface area contributed by atoms with Crippen LogP contribution in [-0.2, 0) is 14.6 Å². The van der Waals surface area contributed by atoms with Crippen LogP contribution in [0.2, 0.25) is 0 Å². The largest absolute Gasteiger partial charge is 0.502 e. The molecule has 1 saturated heterocycles. The Morgan fingerprint density at radius 3 is 2.00 bits per heavy atom. The van der Waals surface area contributed by atoms with Gasteiger partial charge in [0.25, 0.3) is 0 Å². The lowest BCUT2D eigenvalue weighted by Crippen LogP contribution is -2.69. The van der Waals surface area contributed by atoms with E-state index in [1.807, 2.05) is 0 Å². The van der Waals surface area contributed by atoms with E-state index in [2.05, 4.69) is 4.74 Å². The van der Waals surface area contributed by atoms with E-state index < -0.39 is 51.5 Å². The molecule has 114 valence electrons. The van der Waals surface area contributed by atoms with Crippen LogP contribution in [0.5, 0.6) is 0 Å². The number of aliphatic hydroxyl groups excluding tert-OH is 4. The van der Waals surface area contributed by atoms with Crippen LogP contribution in [0.25, 0.3) is 0 Å². The monoisotopic (exact) mass is 312 g/mol. The third kappa shape index (κ3) is 2.33. The lowest BCUT2D eigenvalue weighted by molar-refractivity contribution is -0.311. The Balaban J connectivity index is 3.31. The summed E-state index contributed by atoms with van der Waals surface area (Å²) in [6.45, 7) is -1.19. The molecule has 1 heterocycles. The van der Waals surface area contributed by atoms with Gasteiger partial charge >= 0.3 is 20.5 Å². The molecule has 1 aliphatic rings. The Morgan fingerprint density at radius 2 is 1.63 bits per heavy atom. The Bertz CT molecular complexity index is 434. The van der Waals surface area contributed by atoms with Gasteiger partial charge in [0.1, 0.15) is 18.3 Å². The van der Waals surface area contributed by atoms with Crippen LogP contribution in [0.1, 0.15) is 0 Å². The van der Waals surface area contributed by atoms with E-state index >= 15 is 0 Å². The number of ether oxygens (including phenoxy) is 1. The molecule has 5 atom stereocenters. The molecule has 1 rings (SSSR count). The summed E-state index contributed by atoms with van der Waals surface area (Å²) in [5.74, 6) is 0. The molecule has 0 spiro atoms. The van der Waals surface area contributed by atoms with E-state index in [-0.39, 0.29) is 0 Å². The predicted octanol–water partition coefficient (Wildman–Crippen LogP) is -2.96. The average Bonchev–Trinajstić information content (AvgIpc) is 2.29. The van der Waals surface area contributed by atoms with Crippen molar-refractivity contribution >= 4 is 9.84 Å². The minimum absolute atomic E-state index is 1.19. The third-order valence-corrected chi connectivity index (χ3v) is 4.34. The first kappa shape index (κ1) is 16.6. The number of aliphatic hydroxyl groups is 5. The van der Waals surface area contributed by atoms with Gasteiger partial charge in [-0.05, 0) is 0 Å². The van der Waals surface area contributed by atoms with Crippen LogP contribution in [0.3, 0.4) is 0 Å². The lowest BCUT2D eigenvalue weighted by atomic mass is 9.99. The Kier molecular flexibility index (Phi) is 4.18. The first-order chi connectivity index (χ1) is 8.40. The summed E-state index contributed by atoms with van der Waals surface area (Å²) in [5.41, 5.74) is -5.98. The number of sulfone groups is 1. The molecule has 5 N–H and O–H groups in total. The summed E-state index contributed by atoms with van der Waals surface area (Å²) < 4.78 is 63.3. The van der Waals surface area contributed by atoms with Crippen molar-refractivity contribution in [3.8, 4) is 0 Å². The van der Waals surface area contributed by atoms with Gasteiger partial charge in [-0.3, -0.25) is 0 Å². The summed E-state index contributed by atoms with van der Waals surface area (Å²) in [4.78, 5) is 0. The van der Waals surface area contributed by atoms with Crippen LogP contribution in [0, 0.1) is 0 Å². The van der Waals surface area contributed by atoms with Gasteiger partial charge < -0.3 is 30.3 Å².